The predicted molar refractivity (Wildman–Crippen MR) is 99.8 cm³/mol. The Labute approximate surface area is 141 Å². The van der Waals surface area contributed by atoms with Crippen molar-refractivity contribution in [2.75, 3.05) is 13.1 Å². The highest BCUT2D eigenvalue weighted by molar-refractivity contribution is 5.69. The second-order valence-electron chi connectivity index (χ2n) is 6.74. The van der Waals surface area contributed by atoms with E-state index in [2.05, 4.69) is 67.3 Å². The Morgan fingerprint density at radius 1 is 0.913 bits per heavy atom. The zero-order valence-electron chi connectivity index (χ0n) is 14.6. The monoisotopic (exact) mass is 307 g/mol. The molecule has 1 aliphatic rings. The molecule has 1 aliphatic carbocycles. The maximum absolute atomic E-state index is 2.72. The van der Waals surface area contributed by atoms with Crippen molar-refractivity contribution in [1.82, 2.24) is 4.90 Å². The highest BCUT2D eigenvalue weighted by Gasteiger charge is 2.24. The normalized spacial score (nSPS) is 17.3. The Bertz CT molecular complexity index is 611. The van der Waals surface area contributed by atoms with Crippen LogP contribution >= 0.6 is 0 Å². The third-order valence-corrected chi connectivity index (χ3v) is 5.08. The van der Waals surface area contributed by atoms with Gasteiger partial charge in [0.05, 0.1) is 0 Å². The molecule has 0 spiro atoms. The molecule has 0 heterocycles. The van der Waals surface area contributed by atoms with Crippen molar-refractivity contribution >= 4 is 0 Å². The number of hydrogen-bond donors (Lipinski definition) is 0. The maximum atomic E-state index is 2.72. The average molecular weight is 307 g/mol. The summed E-state index contributed by atoms with van der Waals surface area (Å²) >= 11 is 0. The Balaban J connectivity index is 1.85. The van der Waals surface area contributed by atoms with Crippen LogP contribution in [0.1, 0.15) is 44.2 Å². The molecule has 2 aromatic rings. The summed E-state index contributed by atoms with van der Waals surface area (Å²) in [5, 5.41) is 0. The molecule has 2 aromatic carbocycles. The third kappa shape index (κ3) is 3.67. The Hall–Kier alpha value is -1.60. The summed E-state index contributed by atoms with van der Waals surface area (Å²) in [6, 6.07) is 18.5. The molecule has 1 atom stereocenters. The van der Waals surface area contributed by atoms with Crippen LogP contribution in [0.5, 0.6) is 0 Å². The first kappa shape index (κ1) is 16.3. The summed E-state index contributed by atoms with van der Waals surface area (Å²) in [5.74, 6) is 0. The number of fused-ring (bicyclic) bond motifs is 1. The van der Waals surface area contributed by atoms with Gasteiger partial charge in [0.2, 0.25) is 0 Å². The molecule has 0 saturated carbocycles. The van der Waals surface area contributed by atoms with Crippen LogP contribution in [0.3, 0.4) is 0 Å². The van der Waals surface area contributed by atoms with Gasteiger partial charge in [-0.2, -0.15) is 0 Å². The minimum Gasteiger partial charge on any atom is -0.300 e. The molecule has 1 nitrogen and oxygen atoms in total. The summed E-state index contributed by atoms with van der Waals surface area (Å²) in [7, 11) is 0. The molecule has 122 valence electrons. The van der Waals surface area contributed by atoms with E-state index in [-0.39, 0.29) is 0 Å². The van der Waals surface area contributed by atoms with Crippen LogP contribution in [-0.2, 0) is 12.8 Å². The Kier molecular flexibility index (Phi) is 5.51. The number of benzene rings is 2. The minimum atomic E-state index is 0.730. The third-order valence-electron chi connectivity index (χ3n) is 5.08. The molecule has 0 fully saturated rings. The molecule has 0 aliphatic heterocycles. The molecule has 0 N–H and O–H groups in total. The molecular weight excluding hydrogens is 278 g/mol. The summed E-state index contributed by atoms with van der Waals surface area (Å²) in [6.07, 6.45) is 6.25. The highest BCUT2D eigenvalue weighted by Crippen LogP contribution is 2.33. The first-order valence-electron chi connectivity index (χ1n) is 9.23. The molecule has 0 aromatic heterocycles. The molecular formula is C22H29N. The molecule has 0 bridgehead atoms. The summed E-state index contributed by atoms with van der Waals surface area (Å²) in [5.41, 5.74) is 5.96. The molecule has 0 saturated heterocycles. The van der Waals surface area contributed by atoms with Crippen LogP contribution in [0.15, 0.2) is 48.5 Å². The van der Waals surface area contributed by atoms with Crippen molar-refractivity contribution < 1.29 is 0 Å². The fraction of sp³-hybridized carbons (Fsp3) is 0.455. The van der Waals surface area contributed by atoms with Crippen LogP contribution in [0.2, 0.25) is 0 Å². The quantitative estimate of drug-likeness (QED) is 0.697. The van der Waals surface area contributed by atoms with Crippen LogP contribution in [0.4, 0.5) is 0 Å². The first-order chi connectivity index (χ1) is 11.3. The summed E-state index contributed by atoms with van der Waals surface area (Å²) in [4.78, 5) is 2.72. The molecule has 0 radical (unpaired) electrons. The van der Waals surface area contributed by atoms with Gasteiger partial charge in [-0.05, 0) is 67.4 Å². The molecule has 3 rings (SSSR count). The van der Waals surface area contributed by atoms with E-state index in [0.717, 1.165) is 6.04 Å². The van der Waals surface area contributed by atoms with Crippen molar-refractivity contribution in [1.29, 1.82) is 0 Å². The predicted octanol–water partition coefficient (Wildman–Crippen LogP) is 5.33. The summed E-state index contributed by atoms with van der Waals surface area (Å²) < 4.78 is 0. The molecule has 0 amide bonds. The number of nitrogens with zero attached hydrogens (tertiary/aromatic N) is 1. The lowest BCUT2D eigenvalue weighted by Gasteiger charge is -2.35. The van der Waals surface area contributed by atoms with Crippen LogP contribution < -0.4 is 0 Å². The fourth-order valence-electron chi connectivity index (χ4n) is 4.04. The molecule has 23 heavy (non-hydrogen) atoms. The maximum Gasteiger partial charge on any atom is 0.0139 e. The van der Waals surface area contributed by atoms with Gasteiger partial charge in [0, 0.05) is 6.04 Å². The van der Waals surface area contributed by atoms with E-state index in [9.17, 15) is 0 Å². The lowest BCUT2D eigenvalue weighted by atomic mass is 9.83. The van der Waals surface area contributed by atoms with E-state index < -0.39 is 0 Å². The number of hydrogen-bond acceptors (Lipinski definition) is 1. The van der Waals surface area contributed by atoms with Gasteiger partial charge in [-0.3, -0.25) is 0 Å². The lowest BCUT2D eigenvalue weighted by molar-refractivity contribution is 0.180. The second kappa shape index (κ2) is 7.79. The standard InChI is InChI=1S/C22H29N/c1-3-15-23(16-4-2)20-13-14-22-19(17-20)11-8-12-21(22)18-9-6-5-7-10-18/h5-12,20H,3-4,13-17H2,1-2H3/t20-/m0/s1. The lowest BCUT2D eigenvalue weighted by Crippen LogP contribution is -2.40. The average Bonchev–Trinajstić information content (AvgIpc) is 2.61. The minimum absolute atomic E-state index is 0.730. The van der Waals surface area contributed by atoms with Gasteiger partial charge in [-0.25, -0.2) is 0 Å². The SMILES string of the molecule is CCCN(CCC)[C@H]1CCc2c(cccc2-c2ccccc2)C1. The van der Waals surface area contributed by atoms with Crippen molar-refractivity contribution in [2.24, 2.45) is 0 Å². The van der Waals surface area contributed by atoms with Crippen molar-refractivity contribution in [3.05, 3.63) is 59.7 Å². The Morgan fingerprint density at radius 2 is 1.65 bits per heavy atom. The van der Waals surface area contributed by atoms with Crippen molar-refractivity contribution in [3.63, 3.8) is 0 Å². The zero-order valence-corrected chi connectivity index (χ0v) is 14.6. The molecule has 0 unspecified atom stereocenters. The van der Waals surface area contributed by atoms with Gasteiger partial charge in [-0.1, -0.05) is 62.4 Å². The van der Waals surface area contributed by atoms with E-state index >= 15 is 0 Å². The van der Waals surface area contributed by atoms with Crippen LogP contribution in [-0.4, -0.2) is 24.0 Å². The van der Waals surface area contributed by atoms with E-state index in [1.54, 1.807) is 11.1 Å². The van der Waals surface area contributed by atoms with Gasteiger partial charge in [-0.15, -0.1) is 0 Å². The Morgan fingerprint density at radius 3 is 2.35 bits per heavy atom. The van der Waals surface area contributed by atoms with Gasteiger partial charge in [0.1, 0.15) is 0 Å². The van der Waals surface area contributed by atoms with E-state index in [1.807, 2.05) is 0 Å². The van der Waals surface area contributed by atoms with Crippen LogP contribution in [0.25, 0.3) is 11.1 Å². The zero-order chi connectivity index (χ0) is 16.1. The van der Waals surface area contributed by atoms with Crippen LogP contribution in [0, 0.1) is 0 Å². The highest BCUT2D eigenvalue weighted by atomic mass is 15.1. The van der Waals surface area contributed by atoms with E-state index in [1.165, 1.54) is 56.3 Å². The van der Waals surface area contributed by atoms with Gasteiger partial charge in [0.15, 0.2) is 0 Å². The first-order valence-corrected chi connectivity index (χ1v) is 9.23. The van der Waals surface area contributed by atoms with Crippen molar-refractivity contribution in [2.45, 2.75) is 52.0 Å². The summed E-state index contributed by atoms with van der Waals surface area (Å²) in [6.45, 7) is 7.08. The van der Waals surface area contributed by atoms with E-state index in [4.69, 9.17) is 0 Å². The van der Waals surface area contributed by atoms with Gasteiger partial charge in [0.25, 0.3) is 0 Å². The second-order valence-corrected chi connectivity index (χ2v) is 6.74. The van der Waals surface area contributed by atoms with E-state index in [0.29, 0.717) is 0 Å². The molecule has 1 heteroatoms. The van der Waals surface area contributed by atoms with Gasteiger partial charge >= 0.3 is 0 Å². The topological polar surface area (TPSA) is 3.24 Å². The smallest absolute Gasteiger partial charge is 0.0139 e. The number of rotatable bonds is 6. The fourth-order valence-corrected chi connectivity index (χ4v) is 4.04. The largest absolute Gasteiger partial charge is 0.300 e. The van der Waals surface area contributed by atoms with Gasteiger partial charge < -0.3 is 4.90 Å². The van der Waals surface area contributed by atoms with Crippen molar-refractivity contribution in [3.8, 4) is 11.1 Å².